The van der Waals surface area contributed by atoms with Crippen LogP contribution in [-0.4, -0.2) is 16.1 Å². The smallest absolute Gasteiger partial charge is 0.228 e. The van der Waals surface area contributed by atoms with Crippen LogP contribution in [0.15, 0.2) is 48.7 Å². The van der Waals surface area contributed by atoms with Gasteiger partial charge in [0.2, 0.25) is 5.91 Å². The molecule has 0 spiro atoms. The number of nitrogens with two attached hydrogens (primary N) is 1. The van der Waals surface area contributed by atoms with Crippen molar-refractivity contribution in [3.05, 3.63) is 59.8 Å². The molecule has 0 radical (unpaired) electrons. The van der Waals surface area contributed by atoms with E-state index in [1.807, 2.05) is 42.5 Å². The highest BCUT2D eigenvalue weighted by atomic mass is 16.1. The predicted molar refractivity (Wildman–Crippen MR) is 82.8 cm³/mol. The number of anilines is 1. The fraction of sp³-hybridized carbons (Fsp3) is 0.125. The summed E-state index contributed by atoms with van der Waals surface area (Å²) in [5.41, 5.74) is 9.29. The van der Waals surface area contributed by atoms with E-state index in [1.54, 1.807) is 6.20 Å². The molecule has 0 atom stereocenters. The van der Waals surface area contributed by atoms with E-state index in [4.69, 9.17) is 5.73 Å². The van der Waals surface area contributed by atoms with E-state index in [2.05, 4.69) is 15.5 Å². The molecule has 4 N–H and O–H groups in total. The van der Waals surface area contributed by atoms with Gasteiger partial charge in [-0.1, -0.05) is 24.3 Å². The Bertz CT molecular complexity index is 779. The zero-order chi connectivity index (χ0) is 14.7. The second-order valence-corrected chi connectivity index (χ2v) is 4.87. The van der Waals surface area contributed by atoms with Gasteiger partial charge in [0.15, 0.2) is 0 Å². The van der Waals surface area contributed by atoms with Gasteiger partial charge in [-0.05, 0) is 29.3 Å². The summed E-state index contributed by atoms with van der Waals surface area (Å²) in [5.74, 6) is -0.0604. The molecule has 5 heteroatoms. The van der Waals surface area contributed by atoms with Gasteiger partial charge < -0.3 is 11.1 Å². The summed E-state index contributed by atoms with van der Waals surface area (Å²) in [7, 11) is 0. The minimum atomic E-state index is -0.0604. The molecule has 3 rings (SSSR count). The lowest BCUT2D eigenvalue weighted by molar-refractivity contribution is -0.115. The third kappa shape index (κ3) is 2.93. The highest BCUT2D eigenvalue weighted by Gasteiger charge is 2.08. The molecule has 0 saturated heterocycles. The van der Waals surface area contributed by atoms with E-state index >= 15 is 0 Å². The van der Waals surface area contributed by atoms with E-state index in [9.17, 15) is 4.79 Å². The summed E-state index contributed by atoms with van der Waals surface area (Å²) in [6.45, 7) is 0.434. The topological polar surface area (TPSA) is 83.8 Å². The molecule has 1 amide bonds. The molecule has 3 aromatic rings. The summed E-state index contributed by atoms with van der Waals surface area (Å²) in [6.07, 6.45) is 2.06. The van der Waals surface area contributed by atoms with Crippen LogP contribution in [0.4, 0.5) is 5.69 Å². The number of hydrogen-bond acceptors (Lipinski definition) is 3. The minimum absolute atomic E-state index is 0.0604. The normalized spacial score (nSPS) is 10.7. The van der Waals surface area contributed by atoms with Gasteiger partial charge >= 0.3 is 0 Å². The van der Waals surface area contributed by atoms with Crippen LogP contribution in [0.2, 0.25) is 0 Å². The first kappa shape index (κ1) is 13.3. The SMILES string of the molecule is NCc1ccccc1CC(=O)Nc1ccc2cn[nH]c2c1. The fourth-order valence-corrected chi connectivity index (χ4v) is 2.32. The molecular formula is C16H16N4O. The van der Waals surface area contributed by atoms with Gasteiger partial charge in [0, 0.05) is 17.6 Å². The van der Waals surface area contributed by atoms with E-state index in [0.29, 0.717) is 13.0 Å². The van der Waals surface area contributed by atoms with Crippen LogP contribution < -0.4 is 11.1 Å². The number of nitrogens with zero attached hydrogens (tertiary/aromatic N) is 1. The number of carbonyl (C=O) groups is 1. The predicted octanol–water partition coefficient (Wildman–Crippen LogP) is 2.20. The van der Waals surface area contributed by atoms with Crippen molar-refractivity contribution in [3.63, 3.8) is 0 Å². The number of H-pyrrole nitrogens is 1. The molecule has 21 heavy (non-hydrogen) atoms. The Hall–Kier alpha value is -2.66. The van der Waals surface area contributed by atoms with Gasteiger partial charge in [-0.25, -0.2) is 0 Å². The van der Waals surface area contributed by atoms with Crippen LogP contribution in [0.5, 0.6) is 0 Å². The maximum atomic E-state index is 12.1. The van der Waals surface area contributed by atoms with Gasteiger partial charge in [0.25, 0.3) is 0 Å². The van der Waals surface area contributed by atoms with Crippen LogP contribution in [0, 0.1) is 0 Å². The van der Waals surface area contributed by atoms with Crippen molar-refractivity contribution >= 4 is 22.5 Å². The molecule has 0 aliphatic heterocycles. The largest absolute Gasteiger partial charge is 0.326 e. The van der Waals surface area contributed by atoms with Crippen molar-refractivity contribution in [1.29, 1.82) is 0 Å². The van der Waals surface area contributed by atoms with Crippen LogP contribution >= 0.6 is 0 Å². The standard InChI is InChI=1S/C16H16N4O/c17-9-12-4-2-1-3-11(12)7-16(21)19-14-6-5-13-10-18-20-15(13)8-14/h1-6,8,10H,7,9,17H2,(H,18,20)(H,19,21). The van der Waals surface area contributed by atoms with E-state index in [0.717, 1.165) is 27.7 Å². The number of rotatable bonds is 4. The van der Waals surface area contributed by atoms with Gasteiger partial charge in [-0.2, -0.15) is 5.10 Å². The lowest BCUT2D eigenvalue weighted by atomic mass is 10.0. The molecule has 2 aromatic carbocycles. The maximum Gasteiger partial charge on any atom is 0.228 e. The minimum Gasteiger partial charge on any atom is -0.326 e. The Morgan fingerprint density at radius 3 is 2.81 bits per heavy atom. The second kappa shape index (κ2) is 5.76. The summed E-state index contributed by atoms with van der Waals surface area (Å²) in [4.78, 5) is 12.1. The highest BCUT2D eigenvalue weighted by molar-refractivity contribution is 5.94. The average Bonchev–Trinajstić information content (AvgIpc) is 2.95. The lowest BCUT2D eigenvalue weighted by Crippen LogP contribution is -2.16. The van der Waals surface area contributed by atoms with Gasteiger partial charge in [0.05, 0.1) is 18.1 Å². The first-order chi connectivity index (χ1) is 10.3. The fourth-order valence-electron chi connectivity index (χ4n) is 2.32. The summed E-state index contributed by atoms with van der Waals surface area (Å²) >= 11 is 0. The van der Waals surface area contributed by atoms with Crippen molar-refractivity contribution in [2.24, 2.45) is 5.73 Å². The van der Waals surface area contributed by atoms with Crippen molar-refractivity contribution in [2.75, 3.05) is 5.32 Å². The quantitative estimate of drug-likeness (QED) is 0.685. The Balaban J connectivity index is 1.73. The molecule has 0 fully saturated rings. The van der Waals surface area contributed by atoms with E-state index < -0.39 is 0 Å². The van der Waals surface area contributed by atoms with Crippen molar-refractivity contribution in [3.8, 4) is 0 Å². The molecule has 0 aliphatic rings. The van der Waals surface area contributed by atoms with Crippen LogP contribution in [-0.2, 0) is 17.8 Å². The second-order valence-electron chi connectivity index (χ2n) is 4.87. The van der Waals surface area contributed by atoms with Crippen molar-refractivity contribution < 1.29 is 4.79 Å². The molecule has 1 aromatic heterocycles. The molecular weight excluding hydrogens is 264 g/mol. The third-order valence-electron chi connectivity index (χ3n) is 3.41. The number of amides is 1. The van der Waals surface area contributed by atoms with Crippen molar-refractivity contribution in [1.82, 2.24) is 10.2 Å². The molecule has 0 aliphatic carbocycles. The van der Waals surface area contributed by atoms with Crippen LogP contribution in [0.25, 0.3) is 10.9 Å². The Morgan fingerprint density at radius 2 is 2.00 bits per heavy atom. The first-order valence-electron chi connectivity index (χ1n) is 6.76. The summed E-state index contributed by atoms with van der Waals surface area (Å²) in [5, 5.41) is 10.8. The van der Waals surface area contributed by atoms with E-state index in [1.165, 1.54) is 0 Å². The maximum absolute atomic E-state index is 12.1. The Kier molecular flexibility index (Phi) is 3.66. The monoisotopic (exact) mass is 280 g/mol. The zero-order valence-corrected chi connectivity index (χ0v) is 11.5. The first-order valence-corrected chi connectivity index (χ1v) is 6.76. The molecule has 0 bridgehead atoms. The number of aromatic nitrogens is 2. The van der Waals surface area contributed by atoms with Crippen LogP contribution in [0.1, 0.15) is 11.1 Å². The molecule has 0 unspecified atom stereocenters. The van der Waals surface area contributed by atoms with Gasteiger partial charge in [-0.15, -0.1) is 0 Å². The summed E-state index contributed by atoms with van der Waals surface area (Å²) in [6, 6.07) is 13.4. The van der Waals surface area contributed by atoms with Crippen LogP contribution in [0.3, 0.4) is 0 Å². The number of fused-ring (bicyclic) bond motifs is 1. The lowest BCUT2D eigenvalue weighted by Gasteiger charge is -2.08. The third-order valence-corrected chi connectivity index (χ3v) is 3.41. The number of aromatic amines is 1. The number of nitrogens with one attached hydrogen (secondary N) is 2. The van der Waals surface area contributed by atoms with Gasteiger partial charge in [0.1, 0.15) is 0 Å². The Labute approximate surface area is 122 Å². The number of hydrogen-bond donors (Lipinski definition) is 3. The molecule has 1 heterocycles. The number of benzene rings is 2. The average molecular weight is 280 g/mol. The highest BCUT2D eigenvalue weighted by Crippen LogP contribution is 2.17. The Morgan fingerprint density at radius 1 is 1.19 bits per heavy atom. The van der Waals surface area contributed by atoms with E-state index in [-0.39, 0.29) is 5.91 Å². The molecule has 0 saturated carbocycles. The summed E-state index contributed by atoms with van der Waals surface area (Å²) < 4.78 is 0. The zero-order valence-electron chi connectivity index (χ0n) is 11.5. The van der Waals surface area contributed by atoms with Crippen molar-refractivity contribution in [2.45, 2.75) is 13.0 Å². The van der Waals surface area contributed by atoms with Gasteiger partial charge in [-0.3, -0.25) is 9.89 Å². The number of carbonyl (C=O) groups excluding carboxylic acids is 1. The molecule has 106 valence electrons. The molecule has 5 nitrogen and oxygen atoms in total.